The molecule has 0 amide bonds. The third kappa shape index (κ3) is 3.28. The largest absolute Gasteiger partial charge is 0.493 e. The van der Waals surface area contributed by atoms with Crippen molar-refractivity contribution in [1.82, 2.24) is 0 Å². The number of ether oxygens (including phenoxy) is 1. The zero-order valence-electron chi connectivity index (χ0n) is 14.4. The van der Waals surface area contributed by atoms with E-state index in [1.165, 1.54) is 19.3 Å². The molecule has 4 heteroatoms. The van der Waals surface area contributed by atoms with Crippen molar-refractivity contribution in [3.05, 3.63) is 24.3 Å². The summed E-state index contributed by atoms with van der Waals surface area (Å²) in [5.74, 6) is 3.83. The molecule has 3 nitrogen and oxygen atoms in total. The zero-order chi connectivity index (χ0) is 15.9. The first-order valence-electron chi connectivity index (χ1n) is 9.11. The number of halogens is 1. The third-order valence-electron chi connectivity index (χ3n) is 6.37. The number of Topliss-reactive ketones (excluding diaryl/α,β-unsaturated/α-hetero) is 1. The number of carbonyl (C=O) groups excluding carboxylic acids is 1. The summed E-state index contributed by atoms with van der Waals surface area (Å²) in [6.45, 7) is 0.513. The molecule has 4 aliphatic carbocycles. The van der Waals surface area contributed by atoms with Crippen molar-refractivity contribution in [2.24, 2.45) is 23.2 Å². The summed E-state index contributed by atoms with van der Waals surface area (Å²) in [6, 6.07) is 7.91. The van der Waals surface area contributed by atoms with Crippen LogP contribution < -0.4 is 10.1 Å². The number of hydrogen-bond acceptors (Lipinski definition) is 3. The van der Waals surface area contributed by atoms with Gasteiger partial charge in [-0.3, -0.25) is 4.79 Å². The summed E-state index contributed by atoms with van der Waals surface area (Å²) in [7, 11) is 1.90. The molecule has 0 atom stereocenters. The third-order valence-corrected chi connectivity index (χ3v) is 6.37. The number of anilines is 1. The lowest BCUT2D eigenvalue weighted by Crippen LogP contribution is -2.50. The van der Waals surface area contributed by atoms with Crippen LogP contribution in [0.25, 0.3) is 0 Å². The molecule has 4 saturated carbocycles. The van der Waals surface area contributed by atoms with Gasteiger partial charge in [0.1, 0.15) is 11.5 Å². The van der Waals surface area contributed by atoms with Crippen LogP contribution in [0.5, 0.6) is 5.75 Å². The van der Waals surface area contributed by atoms with Crippen LogP contribution in [0.1, 0.15) is 44.9 Å². The Balaban J connectivity index is 0.00000169. The molecule has 4 aliphatic rings. The maximum atomic E-state index is 12.9. The van der Waals surface area contributed by atoms with Crippen molar-refractivity contribution in [2.45, 2.75) is 44.9 Å². The Morgan fingerprint density at radius 3 is 2.12 bits per heavy atom. The normalized spacial score (nSPS) is 33.0. The zero-order valence-corrected chi connectivity index (χ0v) is 15.2. The van der Waals surface area contributed by atoms with Crippen molar-refractivity contribution in [2.75, 3.05) is 19.0 Å². The van der Waals surface area contributed by atoms with Crippen molar-refractivity contribution < 1.29 is 9.53 Å². The molecule has 1 aromatic rings. The topological polar surface area (TPSA) is 38.3 Å². The fourth-order valence-electron chi connectivity index (χ4n) is 5.70. The summed E-state index contributed by atoms with van der Waals surface area (Å²) in [5, 5.41) is 3.09. The van der Waals surface area contributed by atoms with Gasteiger partial charge in [0.15, 0.2) is 0 Å². The van der Waals surface area contributed by atoms with Crippen molar-refractivity contribution in [3.63, 3.8) is 0 Å². The molecular weight excluding hydrogens is 322 g/mol. The number of nitrogens with one attached hydrogen (secondary N) is 1. The first-order valence-corrected chi connectivity index (χ1v) is 9.11. The van der Waals surface area contributed by atoms with E-state index in [1.54, 1.807) is 0 Å². The van der Waals surface area contributed by atoms with Gasteiger partial charge in [-0.05, 0) is 80.5 Å². The van der Waals surface area contributed by atoms with Gasteiger partial charge in [0.05, 0.1) is 6.61 Å². The Hall–Kier alpha value is -1.22. The molecule has 24 heavy (non-hydrogen) atoms. The summed E-state index contributed by atoms with van der Waals surface area (Å²) < 4.78 is 5.79. The predicted octanol–water partition coefficient (Wildman–Crippen LogP) is 4.70. The molecule has 4 fully saturated rings. The molecule has 0 aromatic heterocycles. The molecule has 5 rings (SSSR count). The highest BCUT2D eigenvalue weighted by Gasteiger charge is 2.53. The smallest absolute Gasteiger partial charge is 0.142 e. The van der Waals surface area contributed by atoms with E-state index in [2.05, 4.69) is 5.32 Å². The highest BCUT2D eigenvalue weighted by Crippen LogP contribution is 2.60. The minimum atomic E-state index is 0. The molecule has 0 saturated heterocycles. The quantitative estimate of drug-likeness (QED) is 0.808. The summed E-state index contributed by atoms with van der Waals surface area (Å²) in [5.41, 5.74) is 1.09. The summed E-state index contributed by atoms with van der Waals surface area (Å²) in [6.07, 6.45) is 8.22. The highest BCUT2D eigenvalue weighted by molar-refractivity contribution is 5.85. The molecule has 0 heterocycles. The fraction of sp³-hybridized carbons (Fsp3) is 0.650. The van der Waals surface area contributed by atoms with Crippen molar-refractivity contribution in [3.8, 4) is 5.75 Å². The second kappa shape index (κ2) is 6.95. The molecule has 4 bridgehead atoms. The molecule has 0 spiro atoms. The summed E-state index contributed by atoms with van der Waals surface area (Å²) in [4.78, 5) is 12.9. The first-order chi connectivity index (χ1) is 11.2. The van der Waals surface area contributed by atoms with E-state index in [1.807, 2.05) is 31.3 Å². The van der Waals surface area contributed by atoms with E-state index in [4.69, 9.17) is 4.74 Å². The second-order valence-corrected chi connectivity index (χ2v) is 7.99. The average Bonchev–Trinajstić information content (AvgIpc) is 2.54. The molecule has 0 aliphatic heterocycles. The molecule has 0 unspecified atom stereocenters. The van der Waals surface area contributed by atoms with Crippen LogP contribution >= 0.6 is 12.4 Å². The van der Waals surface area contributed by atoms with Crippen LogP contribution in [0, 0.1) is 23.2 Å². The molecule has 0 radical (unpaired) electrons. The van der Waals surface area contributed by atoms with E-state index in [9.17, 15) is 4.79 Å². The van der Waals surface area contributed by atoms with Gasteiger partial charge in [-0.1, -0.05) is 0 Å². The fourth-order valence-corrected chi connectivity index (χ4v) is 5.70. The van der Waals surface area contributed by atoms with Crippen LogP contribution in [-0.4, -0.2) is 19.4 Å². The Kier molecular flexibility index (Phi) is 5.10. The number of ketones is 1. The average molecular weight is 350 g/mol. The van der Waals surface area contributed by atoms with Crippen molar-refractivity contribution in [1.29, 1.82) is 0 Å². The minimum Gasteiger partial charge on any atom is -0.493 e. The van der Waals surface area contributed by atoms with Gasteiger partial charge < -0.3 is 10.1 Å². The van der Waals surface area contributed by atoms with E-state index in [0.717, 1.165) is 48.5 Å². The Bertz CT molecular complexity index is 549. The van der Waals surface area contributed by atoms with Gasteiger partial charge >= 0.3 is 0 Å². The lowest BCUT2D eigenvalue weighted by Gasteiger charge is -2.56. The van der Waals surface area contributed by atoms with Crippen LogP contribution in [0.4, 0.5) is 5.69 Å². The molecular formula is C20H28ClNO2. The minimum absolute atomic E-state index is 0. The maximum Gasteiger partial charge on any atom is 0.142 e. The number of hydrogen-bond donors (Lipinski definition) is 1. The summed E-state index contributed by atoms with van der Waals surface area (Å²) >= 11 is 0. The SMILES string of the molecule is CNc1ccc(OCCC(=O)C23CC4CC(CC(C4)C2)C3)cc1.Cl. The lowest BCUT2D eigenvalue weighted by molar-refractivity contribution is -0.144. The molecule has 132 valence electrons. The van der Waals surface area contributed by atoms with E-state index in [0.29, 0.717) is 18.8 Å². The monoisotopic (exact) mass is 349 g/mol. The van der Waals surface area contributed by atoms with Gasteiger partial charge in [-0.25, -0.2) is 0 Å². The van der Waals surface area contributed by atoms with Gasteiger partial charge in [-0.15, -0.1) is 12.4 Å². The van der Waals surface area contributed by atoms with Crippen LogP contribution in [0.15, 0.2) is 24.3 Å². The van der Waals surface area contributed by atoms with Gasteiger partial charge in [0.2, 0.25) is 0 Å². The van der Waals surface area contributed by atoms with Crippen molar-refractivity contribution >= 4 is 23.9 Å². The van der Waals surface area contributed by atoms with Gasteiger partial charge in [-0.2, -0.15) is 0 Å². The van der Waals surface area contributed by atoms with E-state index >= 15 is 0 Å². The Morgan fingerprint density at radius 2 is 1.62 bits per heavy atom. The molecule has 1 aromatic carbocycles. The number of carbonyl (C=O) groups is 1. The highest BCUT2D eigenvalue weighted by atomic mass is 35.5. The maximum absolute atomic E-state index is 12.9. The standard InChI is InChI=1S/C20H27NO2.ClH/c1-21-17-2-4-18(5-3-17)23-7-6-19(22)20-11-14-8-15(12-20)10-16(9-14)13-20;/h2-5,14-16,21H,6-13H2,1H3;1H. The van der Waals surface area contributed by atoms with Crippen LogP contribution in [-0.2, 0) is 4.79 Å². The van der Waals surface area contributed by atoms with Crippen LogP contribution in [0.2, 0.25) is 0 Å². The Morgan fingerprint density at radius 1 is 1.08 bits per heavy atom. The predicted molar refractivity (Wildman–Crippen MR) is 99.0 cm³/mol. The van der Waals surface area contributed by atoms with Gasteiger partial charge in [0.25, 0.3) is 0 Å². The van der Waals surface area contributed by atoms with Crippen LogP contribution in [0.3, 0.4) is 0 Å². The van der Waals surface area contributed by atoms with E-state index < -0.39 is 0 Å². The molecule has 1 N–H and O–H groups in total. The van der Waals surface area contributed by atoms with Gasteiger partial charge in [0, 0.05) is 24.6 Å². The Labute approximate surface area is 151 Å². The lowest BCUT2D eigenvalue weighted by atomic mass is 9.48. The number of rotatable bonds is 6. The number of benzene rings is 1. The first kappa shape index (κ1) is 17.6. The van der Waals surface area contributed by atoms with E-state index in [-0.39, 0.29) is 17.8 Å². The second-order valence-electron chi connectivity index (χ2n) is 7.99.